The first kappa shape index (κ1) is 23.8. The Morgan fingerprint density at radius 1 is 1.07 bits per heavy atom. The van der Waals surface area contributed by atoms with E-state index in [1.54, 1.807) is 0 Å². The average Bonchev–Trinajstić information content (AvgIpc) is 2.64. The van der Waals surface area contributed by atoms with Gasteiger partial charge in [0.25, 0.3) is 0 Å². The molecule has 3 fully saturated rings. The fourth-order valence-electron chi connectivity index (χ4n) is 5.27. The van der Waals surface area contributed by atoms with E-state index in [-0.39, 0.29) is 36.8 Å². The highest BCUT2D eigenvalue weighted by Crippen LogP contribution is 2.40. The molecule has 1 amide bonds. The Labute approximate surface area is 185 Å². The van der Waals surface area contributed by atoms with Crippen LogP contribution in [0.1, 0.15) is 43.7 Å². The van der Waals surface area contributed by atoms with Crippen LogP contribution < -0.4 is 11.1 Å². The Balaban J connectivity index is 0.00000140. The van der Waals surface area contributed by atoms with Crippen molar-refractivity contribution in [1.29, 1.82) is 0 Å². The summed E-state index contributed by atoms with van der Waals surface area (Å²) in [5, 5.41) is 3.49. The van der Waals surface area contributed by atoms with E-state index in [1.807, 2.05) is 30.0 Å². The number of halogens is 2. The Morgan fingerprint density at radius 2 is 1.68 bits per heavy atom. The maximum Gasteiger partial charge on any atom is 0.242 e. The molecule has 1 aromatic carbocycles. The van der Waals surface area contributed by atoms with E-state index in [0.29, 0.717) is 23.9 Å². The monoisotopic (exact) mass is 445 g/mol. The molecule has 2 bridgehead atoms. The van der Waals surface area contributed by atoms with Crippen LogP contribution in [0.15, 0.2) is 30.3 Å². The van der Waals surface area contributed by atoms with Gasteiger partial charge in [-0.25, -0.2) is 0 Å². The zero-order chi connectivity index (χ0) is 17.9. The molecule has 2 aliphatic carbocycles. The second-order valence-electron chi connectivity index (χ2n) is 8.18. The normalized spacial score (nSPS) is 31.0. The van der Waals surface area contributed by atoms with Crippen molar-refractivity contribution in [2.24, 2.45) is 17.6 Å². The van der Waals surface area contributed by atoms with Crippen LogP contribution in [0, 0.1) is 11.8 Å². The summed E-state index contributed by atoms with van der Waals surface area (Å²) in [4.78, 5) is 15.8. The Kier molecular flexibility index (Phi) is 9.42. The second kappa shape index (κ2) is 11.1. The largest absolute Gasteiger partial charge is 0.351 e. The van der Waals surface area contributed by atoms with Crippen LogP contribution in [-0.4, -0.2) is 47.5 Å². The Hall–Kier alpha value is -0.460. The van der Waals surface area contributed by atoms with Crippen molar-refractivity contribution in [3.05, 3.63) is 35.9 Å². The maximum atomic E-state index is 13.4. The molecule has 1 aromatic rings. The molecule has 1 saturated heterocycles. The molecule has 1 aliphatic heterocycles. The summed E-state index contributed by atoms with van der Waals surface area (Å²) in [7, 11) is 0. The number of carbonyl (C=O) groups is 1. The topological polar surface area (TPSA) is 58.4 Å². The zero-order valence-corrected chi connectivity index (χ0v) is 18.7. The lowest BCUT2D eigenvalue weighted by Crippen LogP contribution is -2.56. The van der Waals surface area contributed by atoms with Crippen molar-refractivity contribution in [2.45, 2.75) is 50.2 Å². The maximum absolute atomic E-state index is 13.4. The number of benzene rings is 1. The van der Waals surface area contributed by atoms with E-state index in [1.165, 1.54) is 19.3 Å². The minimum absolute atomic E-state index is 0. The van der Waals surface area contributed by atoms with Gasteiger partial charge in [0.1, 0.15) is 6.04 Å². The Bertz CT molecular complexity index is 601. The van der Waals surface area contributed by atoms with Crippen molar-refractivity contribution in [1.82, 2.24) is 10.2 Å². The molecular weight excluding hydrogens is 413 g/mol. The first-order valence-electron chi connectivity index (χ1n) is 10.1. The Morgan fingerprint density at radius 3 is 2.29 bits per heavy atom. The van der Waals surface area contributed by atoms with Crippen LogP contribution in [0.25, 0.3) is 0 Å². The van der Waals surface area contributed by atoms with Gasteiger partial charge in [0.2, 0.25) is 5.91 Å². The molecule has 28 heavy (non-hydrogen) atoms. The van der Waals surface area contributed by atoms with Gasteiger partial charge in [-0.2, -0.15) is 11.8 Å². The van der Waals surface area contributed by atoms with Crippen LogP contribution in [0.5, 0.6) is 0 Å². The van der Waals surface area contributed by atoms with Gasteiger partial charge >= 0.3 is 0 Å². The predicted octanol–water partition coefficient (Wildman–Crippen LogP) is 3.64. The molecule has 1 heterocycles. The van der Waals surface area contributed by atoms with E-state index >= 15 is 0 Å². The van der Waals surface area contributed by atoms with Gasteiger partial charge in [0.15, 0.2) is 0 Å². The number of amides is 1. The first-order chi connectivity index (χ1) is 12.7. The van der Waals surface area contributed by atoms with Crippen LogP contribution in [-0.2, 0) is 4.79 Å². The highest BCUT2D eigenvalue weighted by atomic mass is 35.5. The third-order valence-electron chi connectivity index (χ3n) is 6.46. The molecule has 158 valence electrons. The number of nitrogens with two attached hydrogens (primary N) is 1. The summed E-state index contributed by atoms with van der Waals surface area (Å²) in [5.41, 5.74) is 7.38. The molecule has 4 nitrogen and oxygen atoms in total. The third-order valence-corrected chi connectivity index (χ3v) is 7.40. The molecular formula is C21H33Cl2N3OS. The summed E-state index contributed by atoms with van der Waals surface area (Å²) >= 11 is 1.99. The number of thioether (sulfide) groups is 1. The minimum atomic E-state index is -0.159. The fraction of sp³-hybridized carbons (Fsp3) is 0.667. The molecule has 4 rings (SSSR count). The molecule has 0 spiro atoms. The second-order valence-corrected chi connectivity index (χ2v) is 9.40. The average molecular weight is 446 g/mol. The van der Waals surface area contributed by atoms with Gasteiger partial charge < -0.3 is 11.1 Å². The quantitative estimate of drug-likeness (QED) is 0.742. The highest BCUT2D eigenvalue weighted by molar-refractivity contribution is 7.99. The highest BCUT2D eigenvalue weighted by Gasteiger charge is 2.41. The van der Waals surface area contributed by atoms with Gasteiger partial charge in [-0.3, -0.25) is 9.69 Å². The van der Waals surface area contributed by atoms with Crippen LogP contribution in [0.2, 0.25) is 0 Å². The smallest absolute Gasteiger partial charge is 0.242 e. The van der Waals surface area contributed by atoms with Crippen LogP contribution in [0.4, 0.5) is 0 Å². The van der Waals surface area contributed by atoms with E-state index in [0.717, 1.165) is 43.0 Å². The van der Waals surface area contributed by atoms with Crippen LogP contribution >= 0.6 is 36.6 Å². The lowest BCUT2D eigenvalue weighted by Gasteiger charge is -2.46. The number of hydrogen-bond acceptors (Lipinski definition) is 4. The SMILES string of the molecule is Cl.Cl.NC1CC2CCCC(C1)C2NC(=O)C(c1ccccc1)N1CCSCC1. The van der Waals surface area contributed by atoms with Gasteiger partial charge in [-0.15, -0.1) is 24.8 Å². The summed E-state index contributed by atoms with van der Waals surface area (Å²) in [5.74, 6) is 3.55. The molecule has 0 aromatic heterocycles. The zero-order valence-electron chi connectivity index (χ0n) is 16.3. The first-order valence-corrected chi connectivity index (χ1v) is 11.3. The van der Waals surface area contributed by atoms with E-state index in [4.69, 9.17) is 5.73 Å². The van der Waals surface area contributed by atoms with Gasteiger partial charge in [0, 0.05) is 36.7 Å². The van der Waals surface area contributed by atoms with Crippen molar-refractivity contribution in [3.63, 3.8) is 0 Å². The summed E-state index contributed by atoms with van der Waals surface area (Å²) in [6.07, 6.45) is 5.85. The minimum Gasteiger partial charge on any atom is -0.351 e. The van der Waals surface area contributed by atoms with E-state index in [2.05, 4.69) is 22.3 Å². The molecule has 3 aliphatic rings. The molecule has 3 atom stereocenters. The molecule has 2 saturated carbocycles. The third kappa shape index (κ3) is 5.37. The van der Waals surface area contributed by atoms with Crippen molar-refractivity contribution >= 4 is 42.5 Å². The van der Waals surface area contributed by atoms with Gasteiger partial charge in [0.05, 0.1) is 0 Å². The number of rotatable bonds is 4. The number of nitrogens with zero attached hydrogens (tertiary/aromatic N) is 1. The van der Waals surface area contributed by atoms with Crippen LogP contribution in [0.3, 0.4) is 0 Å². The number of nitrogens with one attached hydrogen (secondary N) is 1. The number of hydrogen-bond donors (Lipinski definition) is 2. The van der Waals surface area contributed by atoms with E-state index in [9.17, 15) is 4.79 Å². The molecule has 0 radical (unpaired) electrons. The number of carbonyl (C=O) groups excluding carboxylic acids is 1. The fourth-order valence-corrected chi connectivity index (χ4v) is 6.20. The van der Waals surface area contributed by atoms with Crippen molar-refractivity contribution < 1.29 is 4.79 Å². The predicted molar refractivity (Wildman–Crippen MR) is 123 cm³/mol. The molecule has 7 heteroatoms. The van der Waals surface area contributed by atoms with Crippen molar-refractivity contribution in [3.8, 4) is 0 Å². The lowest BCUT2D eigenvalue weighted by atomic mass is 9.67. The summed E-state index contributed by atoms with van der Waals surface area (Å²) in [6.45, 7) is 1.97. The van der Waals surface area contributed by atoms with Gasteiger partial charge in [-0.1, -0.05) is 36.8 Å². The standard InChI is InChI=1S/C21H31N3OS.2ClH/c22-18-13-16-7-4-8-17(14-18)19(16)23-21(25)20(15-5-2-1-3-6-15)24-9-11-26-12-10-24;;/h1-3,5-6,16-20H,4,7-14,22H2,(H,23,25);2*1H. The van der Waals surface area contributed by atoms with Gasteiger partial charge in [-0.05, 0) is 43.1 Å². The number of fused-ring (bicyclic) bond motifs is 2. The molecule has 3 unspecified atom stereocenters. The summed E-state index contributed by atoms with van der Waals surface area (Å²) < 4.78 is 0. The summed E-state index contributed by atoms with van der Waals surface area (Å²) in [6, 6.07) is 10.8. The van der Waals surface area contributed by atoms with Crippen molar-refractivity contribution in [2.75, 3.05) is 24.6 Å². The lowest BCUT2D eigenvalue weighted by molar-refractivity contribution is -0.129. The molecule has 3 N–H and O–H groups in total. The van der Waals surface area contributed by atoms with E-state index < -0.39 is 0 Å².